The molecule has 8 saturated carbocycles. The lowest BCUT2D eigenvalue weighted by Crippen LogP contribution is -2.35. The minimum atomic E-state index is -0.809. The van der Waals surface area contributed by atoms with E-state index < -0.39 is 29.8 Å². The van der Waals surface area contributed by atoms with E-state index in [0.717, 1.165) is 152 Å². The van der Waals surface area contributed by atoms with Crippen LogP contribution < -0.4 is 18.9 Å². The lowest BCUT2D eigenvalue weighted by molar-refractivity contribution is -0.144. The van der Waals surface area contributed by atoms with Gasteiger partial charge in [0.25, 0.3) is 0 Å². The molecule has 4 amide bonds. The monoisotopic (exact) mass is 1900 g/mol. The third kappa shape index (κ3) is 27.0. The third-order valence-electron chi connectivity index (χ3n) is 27.7. The van der Waals surface area contributed by atoms with Crippen LogP contribution in [-0.4, -0.2) is 210 Å². The SMILES string of the molecule is Cc1nc(-c2noc(C)c2COC(=O)N(C)C2CCCC2)ccc1O[C@H]1CCC[C@H](C(=O)O)C1.Cc1onc(-c2ccc(O[C@H]3CCC[C@H](C(=O)O)C3)cn2)c1COC(=O)N(C)C1CCCC1.Cc1snc(-c2ccc(O[C@H]3CCC[C@H](C(=O)O)C3)cn2)c1COC(=O)N(C)C1CCCC1.[C-]#[N+]c1nc(-c2cnn(C)c2COC(=O)N(C)CC2CCCC2)ccc1O[C@H]1CCC[C@H](C(=O)O)C1. The fourth-order valence-corrected chi connectivity index (χ4v) is 20.1. The number of carboxylic acid groups (broad SMARTS) is 4. The minimum Gasteiger partial charge on any atom is -0.500 e. The van der Waals surface area contributed by atoms with Crippen LogP contribution in [-0.2, 0) is 71.6 Å². The van der Waals surface area contributed by atoms with Crippen molar-refractivity contribution in [3.05, 3.63) is 123 Å². The highest BCUT2D eigenvalue weighted by Crippen LogP contribution is 2.40. The zero-order chi connectivity index (χ0) is 96.6. The smallest absolute Gasteiger partial charge is 0.410 e. The second kappa shape index (κ2) is 48.3. The Balaban J connectivity index is 0.000000153. The van der Waals surface area contributed by atoms with E-state index in [1.165, 1.54) is 24.4 Å². The molecule has 0 saturated heterocycles. The van der Waals surface area contributed by atoms with Gasteiger partial charge in [-0.1, -0.05) is 68.3 Å². The van der Waals surface area contributed by atoms with Gasteiger partial charge in [0.2, 0.25) is 0 Å². The quantitative estimate of drug-likeness (QED) is 0.0250. The normalized spacial score (nSPS) is 20.7. The van der Waals surface area contributed by atoms with Crippen molar-refractivity contribution in [2.75, 3.05) is 34.7 Å². The van der Waals surface area contributed by atoms with Crippen LogP contribution in [0.5, 0.6) is 23.0 Å². The van der Waals surface area contributed by atoms with E-state index in [1.54, 1.807) is 115 Å². The van der Waals surface area contributed by atoms with Crippen LogP contribution in [0.3, 0.4) is 0 Å². The fourth-order valence-electron chi connectivity index (χ4n) is 19.5. The standard InChI is InChI=1S/C26H33N5O5.C25H33N3O6.C24H31N3O6.C24H31N3O5S/c1-27-24-23(36-19-10-6-9-18(13-19)25(32)33)12-11-21(29-24)20-14-28-31(3)22(20)16-35-26(34)30(2)15-17-7-4-5-8-17;1-15-22(33-19-10-6-7-17(13-19)24(29)30)12-11-21(26-15)23-20(16(2)34-27-23)14-32-25(31)28(3)18-8-4-5-9-18;2*1-15-20(14-31-24(30)27(2)17-7-3-4-8-17)22(26-33-15)21-11-10-19(13-25-21)32-18-9-5-6-16(12-18)23(28)29/h11-12,14,17-19H,4-10,13,15-16H2,2-3H3,(H,32,33);11-12,17-19H,4-10,13-14H2,1-3H3,(H,29,30);2*10-11,13,16-18H,3-9,12,14H2,1-2H3,(H,28,29)/t18-,19-;17-,19-;2*16-,18-/m0000/s1. The largest absolute Gasteiger partial charge is 0.500 e. The van der Waals surface area contributed by atoms with Gasteiger partial charge in [0, 0.05) is 70.3 Å². The molecule has 8 aromatic heterocycles. The van der Waals surface area contributed by atoms with E-state index in [4.69, 9.17) is 53.5 Å². The van der Waals surface area contributed by atoms with Gasteiger partial charge in [0.1, 0.15) is 78.0 Å². The van der Waals surface area contributed by atoms with Crippen LogP contribution in [0.4, 0.5) is 25.0 Å². The van der Waals surface area contributed by atoms with E-state index in [9.17, 15) is 58.8 Å². The van der Waals surface area contributed by atoms with E-state index in [2.05, 4.69) is 44.6 Å². The second-order valence-electron chi connectivity index (χ2n) is 37.2. The molecule has 8 heterocycles. The summed E-state index contributed by atoms with van der Waals surface area (Å²) >= 11 is 1.37. The predicted octanol–water partition coefficient (Wildman–Crippen LogP) is 19.3. The number of nitrogens with zero attached hydrogens (tertiary/aromatic N) is 14. The van der Waals surface area contributed by atoms with Gasteiger partial charge >= 0.3 is 54.1 Å². The number of pyridine rings is 4. The first-order valence-corrected chi connectivity index (χ1v) is 48.6. The van der Waals surface area contributed by atoms with Crippen molar-refractivity contribution in [3.8, 4) is 68.4 Å². The minimum absolute atomic E-state index is 0.0333. The summed E-state index contributed by atoms with van der Waals surface area (Å²) in [6.45, 7) is 16.0. The van der Waals surface area contributed by atoms with Gasteiger partial charge in [0.15, 0.2) is 5.69 Å². The van der Waals surface area contributed by atoms with Gasteiger partial charge in [-0.3, -0.25) is 33.8 Å². The molecule has 8 aliphatic carbocycles. The number of hydrogen-bond donors (Lipinski definition) is 4. The molecule has 37 heteroatoms. The Bertz CT molecular complexity index is 5260. The molecule has 8 fully saturated rings. The molecule has 4 N–H and O–H groups in total. The average Bonchev–Trinajstić information content (AvgIpc) is 1.61. The molecular weight excluding hydrogens is 1770 g/mol. The molecule has 0 unspecified atom stereocenters. The Morgan fingerprint density at radius 3 is 1.26 bits per heavy atom. The van der Waals surface area contributed by atoms with Crippen LogP contribution in [0, 0.1) is 63.9 Å². The number of aliphatic carboxylic acids is 4. The van der Waals surface area contributed by atoms with E-state index in [0.29, 0.717) is 166 Å². The first-order chi connectivity index (χ1) is 65.5. The van der Waals surface area contributed by atoms with Crippen molar-refractivity contribution in [2.45, 2.75) is 302 Å². The average molecular weight is 1900 g/mol. The summed E-state index contributed by atoms with van der Waals surface area (Å²) in [6.07, 6.45) is 31.9. The van der Waals surface area contributed by atoms with E-state index >= 15 is 0 Å². The molecule has 8 atom stereocenters. The molecule has 8 aromatic rings. The van der Waals surface area contributed by atoms with Gasteiger partial charge in [0.05, 0.1) is 112 Å². The zero-order valence-corrected chi connectivity index (χ0v) is 80.1. The van der Waals surface area contributed by atoms with Crippen LogP contribution in [0.15, 0.2) is 76.2 Å². The molecule has 0 spiro atoms. The van der Waals surface area contributed by atoms with Crippen molar-refractivity contribution in [3.63, 3.8) is 0 Å². The number of carbonyl (C=O) groups is 8. The summed E-state index contributed by atoms with van der Waals surface area (Å²) in [5.74, 6) is -0.595. The van der Waals surface area contributed by atoms with Gasteiger partial charge in [-0.05, 0) is 248 Å². The van der Waals surface area contributed by atoms with Gasteiger partial charge in [-0.2, -0.15) is 9.47 Å². The summed E-state index contributed by atoms with van der Waals surface area (Å²) in [5, 5.41) is 49.7. The van der Waals surface area contributed by atoms with Crippen molar-refractivity contribution in [1.82, 2.24) is 64.0 Å². The van der Waals surface area contributed by atoms with Crippen LogP contribution in [0.1, 0.15) is 250 Å². The number of rotatable bonds is 29. The lowest BCUT2D eigenvalue weighted by Gasteiger charge is -2.27. The van der Waals surface area contributed by atoms with Crippen molar-refractivity contribution in [1.29, 1.82) is 0 Å². The number of carbonyl (C=O) groups excluding carboxylic acids is 4. The van der Waals surface area contributed by atoms with Crippen LogP contribution in [0.25, 0.3) is 50.3 Å². The molecule has 0 radical (unpaired) electrons. The highest BCUT2D eigenvalue weighted by molar-refractivity contribution is 7.06. The molecule has 732 valence electrons. The number of carboxylic acids is 4. The van der Waals surface area contributed by atoms with Gasteiger partial charge in [-0.15, -0.1) is 4.98 Å². The maximum Gasteiger partial charge on any atom is 0.410 e. The van der Waals surface area contributed by atoms with Crippen LogP contribution in [0.2, 0.25) is 0 Å². The fraction of sp³-hybridized carbons (Fsp3) is 0.586. The highest BCUT2D eigenvalue weighted by atomic mass is 32.1. The maximum atomic E-state index is 12.5. The third-order valence-corrected chi connectivity index (χ3v) is 28.5. The number of amides is 4. The highest BCUT2D eigenvalue weighted by Gasteiger charge is 2.37. The number of aromatic nitrogens is 9. The Labute approximate surface area is 796 Å². The summed E-state index contributed by atoms with van der Waals surface area (Å²) in [5.41, 5.74) is 8.43. The maximum absolute atomic E-state index is 12.5. The molecule has 0 aliphatic heterocycles. The lowest BCUT2D eigenvalue weighted by atomic mass is 9.87. The van der Waals surface area contributed by atoms with Gasteiger partial charge in [-0.25, -0.2) is 24.2 Å². The number of hydrogen-bond acceptors (Lipinski definition) is 27. The van der Waals surface area contributed by atoms with Crippen molar-refractivity contribution in [2.24, 2.45) is 36.6 Å². The Kier molecular flexibility index (Phi) is 35.9. The molecule has 8 aliphatic rings. The molecular formula is C99H128N14O22S. The van der Waals surface area contributed by atoms with E-state index in [-0.39, 0.29) is 117 Å². The second-order valence-corrected chi connectivity index (χ2v) is 38.1. The first kappa shape index (κ1) is 101. The molecule has 16 rings (SSSR count). The topological polar surface area (TPSA) is 443 Å². The summed E-state index contributed by atoms with van der Waals surface area (Å²) in [6, 6.07) is 15.1. The summed E-state index contributed by atoms with van der Waals surface area (Å²) in [7, 11) is 8.91. The van der Waals surface area contributed by atoms with Crippen LogP contribution >= 0.6 is 11.5 Å². The van der Waals surface area contributed by atoms with Crippen molar-refractivity contribution < 1.29 is 106 Å². The summed E-state index contributed by atoms with van der Waals surface area (Å²) < 4.78 is 63.3. The predicted molar refractivity (Wildman–Crippen MR) is 498 cm³/mol. The summed E-state index contributed by atoms with van der Waals surface area (Å²) in [4.78, 5) is 125. The van der Waals surface area contributed by atoms with Gasteiger partial charge < -0.3 is 91.8 Å². The molecule has 0 bridgehead atoms. The Hall–Kier alpha value is -12.5. The molecule has 136 heavy (non-hydrogen) atoms. The van der Waals surface area contributed by atoms with E-state index in [1.807, 2.05) is 39.1 Å². The first-order valence-electron chi connectivity index (χ1n) is 47.8. The Morgan fingerprint density at radius 2 is 0.831 bits per heavy atom. The Morgan fingerprint density at radius 1 is 0.441 bits per heavy atom. The number of ether oxygens (including phenoxy) is 8. The number of aryl methyl sites for hydroxylation is 5. The molecule has 0 aromatic carbocycles. The van der Waals surface area contributed by atoms with Crippen molar-refractivity contribution >= 4 is 65.6 Å². The molecule has 36 nitrogen and oxygen atoms in total. The zero-order valence-electron chi connectivity index (χ0n) is 79.2.